The molecule has 0 aromatic rings. The van der Waals surface area contributed by atoms with Crippen molar-refractivity contribution in [3.8, 4) is 0 Å². The van der Waals surface area contributed by atoms with Gasteiger partial charge in [0.05, 0.1) is 5.60 Å². The van der Waals surface area contributed by atoms with Crippen molar-refractivity contribution in [3.63, 3.8) is 0 Å². The Morgan fingerprint density at radius 1 is 1.12 bits per heavy atom. The second-order valence-corrected chi connectivity index (χ2v) is 8.66. The molecule has 3 atom stereocenters. The summed E-state index contributed by atoms with van der Waals surface area (Å²) < 4.78 is 55.6. The number of methoxy groups -OCH3 is 1. The maximum Gasteiger partial charge on any atom is 0.422 e. The van der Waals surface area contributed by atoms with E-state index in [1.807, 2.05) is 13.8 Å². The van der Waals surface area contributed by atoms with Crippen LogP contribution in [-0.2, 0) is 19.0 Å². The maximum atomic E-state index is 12.8. The van der Waals surface area contributed by atoms with Crippen LogP contribution in [0.3, 0.4) is 0 Å². The Balaban J connectivity index is 1.79. The van der Waals surface area contributed by atoms with Gasteiger partial charge in [-0.1, -0.05) is 20.4 Å². The third-order valence-corrected chi connectivity index (χ3v) is 5.99. The van der Waals surface area contributed by atoms with Gasteiger partial charge in [0.25, 0.3) is 0 Å². The molecular formula is C19H27F3O4. The Morgan fingerprint density at radius 3 is 2.12 bits per heavy atom. The molecular weight excluding hydrogens is 349 g/mol. The fraction of sp³-hybridized carbons (Fsp3) is 0.842. The molecule has 4 fully saturated rings. The number of halogens is 3. The Kier molecular flexibility index (Phi) is 4.93. The Bertz CT molecular complexity index is 570. The SMILES string of the molecule is C=C(C(=O)OC12CC3CC(C1)CC(OC(OC)C(C)C)(C3)C2)C(F)(F)F. The van der Waals surface area contributed by atoms with Gasteiger partial charge in [0, 0.05) is 19.4 Å². The highest BCUT2D eigenvalue weighted by Gasteiger charge is 2.61. The van der Waals surface area contributed by atoms with E-state index in [-0.39, 0.29) is 12.2 Å². The van der Waals surface area contributed by atoms with E-state index >= 15 is 0 Å². The van der Waals surface area contributed by atoms with Crippen LogP contribution < -0.4 is 0 Å². The Labute approximate surface area is 152 Å². The summed E-state index contributed by atoms with van der Waals surface area (Å²) in [5, 5.41) is 0. The van der Waals surface area contributed by atoms with Crippen molar-refractivity contribution in [1.82, 2.24) is 0 Å². The molecule has 0 heterocycles. The molecule has 4 nitrogen and oxygen atoms in total. The topological polar surface area (TPSA) is 44.8 Å². The molecule has 0 saturated heterocycles. The summed E-state index contributed by atoms with van der Waals surface area (Å²) in [6.07, 6.45) is -0.822. The summed E-state index contributed by atoms with van der Waals surface area (Å²) in [6, 6.07) is 0. The largest absolute Gasteiger partial charge is 0.455 e. The molecule has 26 heavy (non-hydrogen) atoms. The molecule has 4 aliphatic rings. The number of carbonyl (C=O) groups is 1. The van der Waals surface area contributed by atoms with E-state index in [4.69, 9.17) is 14.2 Å². The molecule has 148 valence electrons. The van der Waals surface area contributed by atoms with Gasteiger partial charge in [-0.3, -0.25) is 0 Å². The van der Waals surface area contributed by atoms with Crippen molar-refractivity contribution in [3.05, 3.63) is 12.2 Å². The maximum absolute atomic E-state index is 12.8. The monoisotopic (exact) mass is 376 g/mol. The third kappa shape index (κ3) is 3.65. The number of hydrogen-bond acceptors (Lipinski definition) is 4. The number of alkyl halides is 3. The Hall–Kier alpha value is -1.08. The van der Waals surface area contributed by atoms with Crippen LogP contribution in [0.15, 0.2) is 12.2 Å². The lowest BCUT2D eigenvalue weighted by Gasteiger charge is -2.61. The summed E-state index contributed by atoms with van der Waals surface area (Å²) in [7, 11) is 1.59. The average Bonchev–Trinajstić information content (AvgIpc) is 2.48. The average molecular weight is 376 g/mol. The van der Waals surface area contributed by atoms with Gasteiger partial charge < -0.3 is 14.2 Å². The van der Waals surface area contributed by atoms with Gasteiger partial charge >= 0.3 is 12.1 Å². The van der Waals surface area contributed by atoms with E-state index in [0.29, 0.717) is 31.1 Å². The molecule has 0 aromatic carbocycles. The van der Waals surface area contributed by atoms with Crippen LogP contribution in [0.25, 0.3) is 0 Å². The van der Waals surface area contributed by atoms with Crippen molar-refractivity contribution < 1.29 is 32.2 Å². The number of carbonyl (C=O) groups excluding carboxylic acids is 1. The zero-order valence-electron chi connectivity index (χ0n) is 15.5. The van der Waals surface area contributed by atoms with Crippen molar-refractivity contribution in [1.29, 1.82) is 0 Å². The minimum Gasteiger partial charge on any atom is -0.455 e. The molecule has 4 bridgehead atoms. The van der Waals surface area contributed by atoms with Gasteiger partial charge in [0.2, 0.25) is 0 Å². The van der Waals surface area contributed by atoms with Crippen LogP contribution in [0.1, 0.15) is 52.4 Å². The fourth-order valence-electron chi connectivity index (χ4n) is 5.43. The van der Waals surface area contributed by atoms with Gasteiger partial charge in [-0.05, 0) is 43.9 Å². The van der Waals surface area contributed by atoms with Gasteiger partial charge in [0.15, 0.2) is 6.29 Å². The summed E-state index contributed by atoms with van der Waals surface area (Å²) in [6.45, 7) is 6.87. The predicted octanol–water partition coefficient (Wildman–Crippen LogP) is 4.38. The highest BCUT2D eigenvalue weighted by molar-refractivity contribution is 5.89. The van der Waals surface area contributed by atoms with Crippen molar-refractivity contribution in [2.75, 3.05) is 7.11 Å². The highest BCUT2D eigenvalue weighted by Crippen LogP contribution is 2.60. The molecule has 0 radical (unpaired) electrons. The quantitative estimate of drug-likeness (QED) is 0.392. The van der Waals surface area contributed by atoms with E-state index < -0.39 is 28.9 Å². The number of ether oxygens (including phenoxy) is 3. The number of esters is 1. The molecule has 4 aliphatic carbocycles. The summed E-state index contributed by atoms with van der Waals surface area (Å²) >= 11 is 0. The fourth-order valence-corrected chi connectivity index (χ4v) is 5.43. The first kappa shape index (κ1) is 19.7. The van der Waals surface area contributed by atoms with Crippen molar-refractivity contribution in [2.45, 2.75) is 76.0 Å². The number of hydrogen-bond donors (Lipinski definition) is 0. The molecule has 7 heteroatoms. The molecule has 0 aliphatic heterocycles. The lowest BCUT2D eigenvalue weighted by Crippen LogP contribution is -2.62. The third-order valence-electron chi connectivity index (χ3n) is 5.99. The van der Waals surface area contributed by atoms with E-state index in [0.717, 1.165) is 19.3 Å². The summed E-state index contributed by atoms with van der Waals surface area (Å²) in [5.74, 6) is -0.612. The smallest absolute Gasteiger partial charge is 0.422 e. The van der Waals surface area contributed by atoms with Crippen LogP contribution in [-0.4, -0.2) is 36.7 Å². The molecule has 0 N–H and O–H groups in total. The second-order valence-electron chi connectivity index (χ2n) is 8.66. The van der Waals surface area contributed by atoms with Gasteiger partial charge in [-0.25, -0.2) is 4.79 Å². The first-order valence-electron chi connectivity index (χ1n) is 9.18. The van der Waals surface area contributed by atoms with Crippen molar-refractivity contribution >= 4 is 5.97 Å². The molecule has 4 rings (SSSR count). The zero-order chi connectivity index (χ0) is 19.3. The highest BCUT2D eigenvalue weighted by atomic mass is 19.4. The predicted molar refractivity (Wildman–Crippen MR) is 88.2 cm³/mol. The van der Waals surface area contributed by atoms with Gasteiger partial charge in [-0.2, -0.15) is 13.2 Å². The molecule has 0 aromatic heterocycles. The van der Waals surface area contributed by atoms with Gasteiger partial charge in [0.1, 0.15) is 11.2 Å². The molecule has 0 amide bonds. The summed E-state index contributed by atoms with van der Waals surface area (Å²) in [4.78, 5) is 12.1. The first-order valence-corrected chi connectivity index (χ1v) is 9.18. The van der Waals surface area contributed by atoms with Crippen LogP contribution in [0.5, 0.6) is 0 Å². The van der Waals surface area contributed by atoms with Crippen molar-refractivity contribution in [2.24, 2.45) is 17.8 Å². The van der Waals surface area contributed by atoms with Crippen LogP contribution in [0.2, 0.25) is 0 Å². The Morgan fingerprint density at radius 2 is 1.65 bits per heavy atom. The van der Waals surface area contributed by atoms with E-state index in [1.165, 1.54) is 0 Å². The molecule has 0 spiro atoms. The second kappa shape index (κ2) is 6.51. The summed E-state index contributed by atoms with van der Waals surface area (Å²) in [5.41, 5.74) is -2.82. The lowest BCUT2D eigenvalue weighted by molar-refractivity contribution is -0.287. The normalized spacial score (nSPS) is 37.0. The number of rotatable bonds is 6. The lowest BCUT2D eigenvalue weighted by atomic mass is 9.52. The first-order chi connectivity index (χ1) is 12.0. The molecule has 3 unspecified atom stereocenters. The van der Waals surface area contributed by atoms with Crippen LogP contribution in [0.4, 0.5) is 13.2 Å². The van der Waals surface area contributed by atoms with Crippen LogP contribution >= 0.6 is 0 Å². The van der Waals surface area contributed by atoms with Gasteiger partial charge in [-0.15, -0.1) is 0 Å². The van der Waals surface area contributed by atoms with E-state index in [1.54, 1.807) is 7.11 Å². The standard InChI is InChI=1S/C19H27F3O4/c1-11(2)16(24-4)26-18-8-13-5-14(9-18)7-17(6-13,10-18)25-15(23)12(3)19(20,21)22/h11,13-14,16H,3,5-10H2,1-2,4H3. The molecule has 4 saturated carbocycles. The zero-order valence-corrected chi connectivity index (χ0v) is 15.5. The van der Waals surface area contributed by atoms with E-state index in [9.17, 15) is 18.0 Å². The minimum atomic E-state index is -4.77. The van der Waals surface area contributed by atoms with Crippen LogP contribution in [0, 0.1) is 17.8 Å². The van der Waals surface area contributed by atoms with E-state index in [2.05, 4.69) is 6.58 Å². The minimum absolute atomic E-state index is 0.150.